The molecule has 0 aliphatic heterocycles. The summed E-state index contributed by atoms with van der Waals surface area (Å²) in [6.45, 7) is 1.76. The Hall–Kier alpha value is -2.96. The predicted molar refractivity (Wildman–Crippen MR) is 71.7 cm³/mol. The molecule has 1 heterocycles. The Morgan fingerprint density at radius 1 is 1.35 bits per heavy atom. The van der Waals surface area contributed by atoms with Crippen molar-refractivity contribution in [3.63, 3.8) is 0 Å². The average Bonchev–Trinajstić information content (AvgIpc) is 2.38. The first-order valence-corrected chi connectivity index (χ1v) is 5.70. The zero-order valence-electron chi connectivity index (χ0n) is 10.5. The molecule has 1 amide bonds. The maximum Gasteiger partial charge on any atom is 0.282 e. The number of hydrogen-bond acceptors (Lipinski definition) is 5. The summed E-state index contributed by atoms with van der Waals surface area (Å²) in [5.41, 5.74) is 0.0967. The van der Waals surface area contributed by atoms with Crippen molar-refractivity contribution in [3.8, 4) is 5.75 Å². The zero-order chi connectivity index (χ0) is 14.7. The maximum absolute atomic E-state index is 12.0. The van der Waals surface area contributed by atoms with Gasteiger partial charge in [-0.1, -0.05) is 6.07 Å². The molecule has 0 radical (unpaired) electrons. The van der Waals surface area contributed by atoms with Gasteiger partial charge in [0.25, 0.3) is 11.6 Å². The molecule has 1 aromatic carbocycles. The standard InChI is InChI=1S/C13H11N3O4/c1-8-3-2-4-12(14-8)15-13(18)10-7-9(17)5-6-11(10)16(19)20/h2-7,17H,1H3,(H,14,15,18). The fourth-order valence-corrected chi connectivity index (χ4v) is 1.66. The molecule has 1 aromatic heterocycles. The van der Waals surface area contributed by atoms with E-state index < -0.39 is 10.8 Å². The highest BCUT2D eigenvalue weighted by molar-refractivity contribution is 6.06. The number of aromatic nitrogens is 1. The van der Waals surface area contributed by atoms with Crippen LogP contribution in [0, 0.1) is 17.0 Å². The van der Waals surface area contributed by atoms with Crippen LogP contribution in [0.25, 0.3) is 0 Å². The monoisotopic (exact) mass is 273 g/mol. The lowest BCUT2D eigenvalue weighted by Gasteiger charge is -2.06. The van der Waals surface area contributed by atoms with Gasteiger partial charge < -0.3 is 10.4 Å². The Morgan fingerprint density at radius 3 is 2.75 bits per heavy atom. The van der Waals surface area contributed by atoms with E-state index in [4.69, 9.17) is 0 Å². The van der Waals surface area contributed by atoms with Gasteiger partial charge in [-0.15, -0.1) is 0 Å². The van der Waals surface area contributed by atoms with E-state index in [2.05, 4.69) is 10.3 Å². The minimum absolute atomic E-state index is 0.224. The Kier molecular flexibility index (Phi) is 3.60. The quantitative estimate of drug-likeness (QED) is 0.659. The Labute approximate surface area is 114 Å². The van der Waals surface area contributed by atoms with Crippen molar-refractivity contribution in [2.45, 2.75) is 6.92 Å². The Morgan fingerprint density at radius 2 is 2.10 bits per heavy atom. The number of carbonyl (C=O) groups excluding carboxylic acids is 1. The summed E-state index contributed by atoms with van der Waals surface area (Å²) in [5.74, 6) is -0.642. The molecule has 0 aliphatic rings. The van der Waals surface area contributed by atoms with E-state index in [1.165, 1.54) is 0 Å². The first-order chi connectivity index (χ1) is 9.47. The van der Waals surface area contributed by atoms with Gasteiger partial charge in [0.15, 0.2) is 0 Å². The Balaban J connectivity index is 2.34. The molecule has 2 N–H and O–H groups in total. The van der Waals surface area contributed by atoms with Crippen LogP contribution in [-0.2, 0) is 0 Å². The van der Waals surface area contributed by atoms with E-state index in [1.807, 2.05) is 0 Å². The van der Waals surface area contributed by atoms with Gasteiger partial charge in [0.2, 0.25) is 0 Å². The molecule has 0 unspecified atom stereocenters. The highest BCUT2D eigenvalue weighted by Crippen LogP contribution is 2.24. The number of pyridine rings is 1. The molecular formula is C13H11N3O4. The van der Waals surface area contributed by atoms with E-state index in [-0.39, 0.29) is 22.8 Å². The van der Waals surface area contributed by atoms with Crippen molar-refractivity contribution in [1.29, 1.82) is 0 Å². The lowest BCUT2D eigenvalue weighted by molar-refractivity contribution is -0.385. The second-order valence-electron chi connectivity index (χ2n) is 4.08. The number of nitrogens with one attached hydrogen (secondary N) is 1. The minimum atomic E-state index is -0.703. The van der Waals surface area contributed by atoms with E-state index in [0.29, 0.717) is 5.69 Å². The maximum atomic E-state index is 12.0. The van der Waals surface area contributed by atoms with E-state index in [9.17, 15) is 20.0 Å². The number of phenolic OH excluding ortho intramolecular Hbond substituents is 1. The van der Waals surface area contributed by atoms with Crippen LogP contribution in [0.15, 0.2) is 36.4 Å². The van der Waals surface area contributed by atoms with Crippen molar-refractivity contribution in [2.24, 2.45) is 0 Å². The van der Waals surface area contributed by atoms with Crippen molar-refractivity contribution in [1.82, 2.24) is 4.98 Å². The molecule has 0 aliphatic carbocycles. The van der Waals surface area contributed by atoms with Crippen LogP contribution in [0.5, 0.6) is 5.75 Å². The largest absolute Gasteiger partial charge is 0.508 e. The minimum Gasteiger partial charge on any atom is -0.508 e. The number of amides is 1. The molecule has 102 valence electrons. The summed E-state index contributed by atoms with van der Waals surface area (Å²) >= 11 is 0. The summed E-state index contributed by atoms with van der Waals surface area (Å²) in [4.78, 5) is 26.3. The van der Waals surface area contributed by atoms with Crippen molar-refractivity contribution in [3.05, 3.63) is 57.8 Å². The zero-order valence-corrected chi connectivity index (χ0v) is 10.5. The highest BCUT2D eigenvalue weighted by atomic mass is 16.6. The highest BCUT2D eigenvalue weighted by Gasteiger charge is 2.21. The summed E-state index contributed by atoms with van der Waals surface area (Å²) in [7, 11) is 0. The Bertz CT molecular complexity index is 685. The smallest absolute Gasteiger partial charge is 0.282 e. The van der Waals surface area contributed by atoms with E-state index in [1.54, 1.807) is 25.1 Å². The third kappa shape index (κ3) is 2.89. The van der Waals surface area contributed by atoms with Gasteiger partial charge in [-0.2, -0.15) is 0 Å². The molecule has 0 spiro atoms. The number of hydrogen-bond donors (Lipinski definition) is 2. The average molecular weight is 273 g/mol. The first kappa shape index (κ1) is 13.5. The number of phenols is 1. The molecule has 20 heavy (non-hydrogen) atoms. The van der Waals surface area contributed by atoms with Crippen LogP contribution in [0.1, 0.15) is 16.1 Å². The topological polar surface area (TPSA) is 105 Å². The van der Waals surface area contributed by atoms with Gasteiger partial charge in [0.05, 0.1) is 4.92 Å². The number of nitro groups is 1. The number of rotatable bonds is 3. The molecular weight excluding hydrogens is 262 g/mol. The molecule has 0 fully saturated rings. The summed E-state index contributed by atoms with van der Waals surface area (Å²) in [6.07, 6.45) is 0. The van der Waals surface area contributed by atoms with Gasteiger partial charge in [0.1, 0.15) is 17.1 Å². The molecule has 0 saturated heterocycles. The van der Waals surface area contributed by atoms with Gasteiger partial charge in [-0.25, -0.2) is 4.98 Å². The summed E-state index contributed by atoms with van der Waals surface area (Å²) in [5, 5.41) is 22.7. The van der Waals surface area contributed by atoms with Crippen molar-refractivity contribution >= 4 is 17.4 Å². The molecule has 2 aromatic rings. The van der Waals surface area contributed by atoms with Gasteiger partial charge >= 0.3 is 0 Å². The summed E-state index contributed by atoms with van der Waals surface area (Å²) in [6, 6.07) is 8.30. The lowest BCUT2D eigenvalue weighted by Crippen LogP contribution is -2.15. The lowest BCUT2D eigenvalue weighted by atomic mass is 10.1. The summed E-state index contributed by atoms with van der Waals surface area (Å²) < 4.78 is 0. The molecule has 2 rings (SSSR count). The van der Waals surface area contributed by atoms with E-state index in [0.717, 1.165) is 18.2 Å². The molecule has 0 atom stereocenters. The first-order valence-electron chi connectivity index (χ1n) is 5.70. The number of nitrogens with zero attached hydrogens (tertiary/aromatic N) is 2. The number of aromatic hydroxyl groups is 1. The van der Waals surface area contributed by atoms with Gasteiger partial charge in [-0.3, -0.25) is 14.9 Å². The second-order valence-corrected chi connectivity index (χ2v) is 4.08. The third-order valence-electron chi connectivity index (χ3n) is 2.55. The van der Waals surface area contributed by atoms with Gasteiger partial charge in [-0.05, 0) is 31.2 Å². The van der Waals surface area contributed by atoms with Crippen LogP contribution in [0.2, 0.25) is 0 Å². The number of benzene rings is 1. The van der Waals surface area contributed by atoms with E-state index >= 15 is 0 Å². The fourth-order valence-electron chi connectivity index (χ4n) is 1.66. The third-order valence-corrected chi connectivity index (χ3v) is 2.55. The van der Waals surface area contributed by atoms with Crippen LogP contribution in [0.4, 0.5) is 11.5 Å². The molecule has 7 nitrogen and oxygen atoms in total. The number of anilines is 1. The SMILES string of the molecule is Cc1cccc(NC(=O)c2cc(O)ccc2[N+](=O)[O-])n1. The van der Waals surface area contributed by atoms with Crippen molar-refractivity contribution < 1.29 is 14.8 Å². The van der Waals surface area contributed by atoms with Crippen LogP contribution < -0.4 is 5.32 Å². The van der Waals surface area contributed by atoms with Crippen LogP contribution in [0.3, 0.4) is 0 Å². The number of nitro benzene ring substituents is 1. The fraction of sp³-hybridized carbons (Fsp3) is 0.0769. The normalized spacial score (nSPS) is 10.1. The predicted octanol–water partition coefficient (Wildman–Crippen LogP) is 2.26. The number of aryl methyl sites for hydroxylation is 1. The van der Waals surface area contributed by atoms with Crippen LogP contribution >= 0.6 is 0 Å². The molecule has 0 bridgehead atoms. The second kappa shape index (κ2) is 5.35. The molecule has 0 saturated carbocycles. The molecule has 7 heteroatoms. The van der Waals surface area contributed by atoms with Crippen molar-refractivity contribution in [2.75, 3.05) is 5.32 Å². The van der Waals surface area contributed by atoms with Crippen LogP contribution in [-0.4, -0.2) is 20.9 Å². The number of carbonyl (C=O) groups is 1. The van der Waals surface area contributed by atoms with Gasteiger partial charge in [0, 0.05) is 11.8 Å².